The fourth-order valence-electron chi connectivity index (χ4n) is 1.02. The molecule has 0 aliphatic carbocycles. The van der Waals surface area contributed by atoms with Crippen LogP contribution in [-0.2, 0) is 49.1 Å². The highest BCUT2D eigenvalue weighted by Gasteiger charge is 2.54. The molecule has 41 heavy (non-hydrogen) atoms. The number of esters is 2. The third kappa shape index (κ3) is 22.1. The quantitative estimate of drug-likeness (QED) is 0.0796. The Bertz CT molecular complexity index is 1110. The van der Waals surface area contributed by atoms with Crippen LogP contribution in [0.4, 0.5) is 29.7 Å². The molecule has 0 aromatic heterocycles. The second kappa shape index (κ2) is 22.4. The fraction of sp³-hybridized carbons (Fsp3) is 0.529. The lowest BCUT2D eigenvalue weighted by atomic mass is 10.4. The zero-order valence-electron chi connectivity index (χ0n) is 20.7. The van der Waals surface area contributed by atoms with Crippen LogP contribution in [0, 0.1) is 0 Å². The summed E-state index contributed by atoms with van der Waals surface area (Å²) >= 11 is 9.53. The highest BCUT2D eigenvalue weighted by Crippen LogP contribution is 2.25. The van der Waals surface area contributed by atoms with E-state index in [0.29, 0.717) is 12.1 Å². The minimum atomic E-state index is -6.46. The van der Waals surface area contributed by atoms with Crippen molar-refractivity contribution < 1.29 is 75.2 Å². The lowest BCUT2D eigenvalue weighted by Gasteiger charge is -2.11. The van der Waals surface area contributed by atoms with Gasteiger partial charge in [-0.05, 0) is 13.8 Å². The zero-order valence-corrected chi connectivity index (χ0v) is 24.7. The molecule has 0 aliphatic rings. The van der Waals surface area contributed by atoms with E-state index in [0.717, 1.165) is 0 Å². The number of alkyl halides is 6. The number of amides is 1. The number of hydrogen-bond donors (Lipinski definition) is 2. The number of carbonyl (C=O) groups is 4. The number of hydrogen-bond acceptors (Lipinski definition) is 11. The SMILES string of the molecule is C=C(C)C(=O)OCCN.C=C(C)C(=O)OCCNC(=O)C(F)(F)S(=O)(=O)F.Cl.ClCCl.O=C(F)C(F)(F)S(=O)(=O)F. The van der Waals surface area contributed by atoms with Gasteiger partial charge in [0.15, 0.2) is 0 Å². The van der Waals surface area contributed by atoms with Crippen LogP contribution in [0.3, 0.4) is 0 Å². The summed E-state index contributed by atoms with van der Waals surface area (Å²) in [4.78, 5) is 41.1. The van der Waals surface area contributed by atoms with Gasteiger partial charge in [-0.2, -0.15) is 38.8 Å². The molecule has 0 radical (unpaired) electrons. The van der Waals surface area contributed by atoms with Crippen molar-refractivity contribution in [3.63, 3.8) is 0 Å². The molecule has 0 heterocycles. The van der Waals surface area contributed by atoms with Gasteiger partial charge < -0.3 is 20.5 Å². The van der Waals surface area contributed by atoms with Gasteiger partial charge in [0.2, 0.25) is 0 Å². The number of ether oxygens (including phenoxy) is 2. The van der Waals surface area contributed by atoms with E-state index >= 15 is 0 Å². The first-order chi connectivity index (χ1) is 17.8. The number of carbonyl (C=O) groups excluding carboxylic acids is 4. The van der Waals surface area contributed by atoms with Crippen LogP contribution >= 0.6 is 35.6 Å². The Morgan fingerprint density at radius 2 is 1.15 bits per heavy atom. The Labute approximate surface area is 246 Å². The van der Waals surface area contributed by atoms with E-state index in [1.165, 1.54) is 12.2 Å². The summed E-state index contributed by atoms with van der Waals surface area (Å²) < 4.78 is 129. The number of nitrogens with two attached hydrogens (primary N) is 1. The van der Waals surface area contributed by atoms with Gasteiger partial charge in [0.25, 0.3) is 0 Å². The van der Waals surface area contributed by atoms with Crippen LogP contribution in [0.2, 0.25) is 0 Å². The van der Waals surface area contributed by atoms with Crippen molar-refractivity contribution in [2.75, 3.05) is 31.6 Å². The highest BCUT2D eigenvalue weighted by atomic mass is 35.5. The molecule has 0 aliphatic heterocycles. The zero-order chi connectivity index (χ0) is 33.1. The first-order valence-electron chi connectivity index (χ1n) is 9.38. The molecule has 0 saturated carbocycles. The predicted molar refractivity (Wildman–Crippen MR) is 133 cm³/mol. The molecule has 1 amide bonds. The Morgan fingerprint density at radius 3 is 1.37 bits per heavy atom. The molecule has 0 bridgehead atoms. The third-order valence-electron chi connectivity index (χ3n) is 2.77. The first kappa shape index (κ1) is 48.5. The Balaban J connectivity index is -0.000000160. The Morgan fingerprint density at radius 1 is 0.829 bits per heavy atom. The van der Waals surface area contributed by atoms with E-state index in [1.54, 1.807) is 6.92 Å². The van der Waals surface area contributed by atoms with Crippen LogP contribution in [0.1, 0.15) is 13.8 Å². The summed E-state index contributed by atoms with van der Waals surface area (Å²) in [6.45, 7) is 9.11. The van der Waals surface area contributed by atoms with E-state index in [1.807, 2.05) is 0 Å². The van der Waals surface area contributed by atoms with E-state index < -0.39 is 62.0 Å². The summed E-state index contributed by atoms with van der Waals surface area (Å²) in [6.07, 6.45) is 0. The van der Waals surface area contributed by atoms with E-state index in [2.05, 4.69) is 22.6 Å². The molecular weight excluding hydrogens is 696 g/mol. The van der Waals surface area contributed by atoms with Crippen LogP contribution in [0.5, 0.6) is 0 Å². The number of nitrogens with one attached hydrogen (secondary N) is 1. The number of halogens is 10. The molecule has 0 atom stereocenters. The van der Waals surface area contributed by atoms with Crippen molar-refractivity contribution in [1.82, 2.24) is 5.32 Å². The van der Waals surface area contributed by atoms with E-state index in [-0.39, 0.29) is 35.9 Å². The highest BCUT2D eigenvalue weighted by molar-refractivity contribution is 7.88. The third-order valence-corrected chi connectivity index (χ3v) is 4.35. The van der Waals surface area contributed by atoms with Crippen molar-refractivity contribution in [1.29, 1.82) is 0 Å². The lowest BCUT2D eigenvalue weighted by molar-refractivity contribution is -0.145. The maximum Gasteiger partial charge on any atom is 0.463 e. The van der Waals surface area contributed by atoms with Crippen molar-refractivity contribution >= 4 is 79.9 Å². The molecule has 0 saturated heterocycles. The molecule has 0 rings (SSSR count). The smallest absolute Gasteiger partial charge is 0.461 e. The van der Waals surface area contributed by atoms with Crippen LogP contribution in [-0.4, -0.2) is 82.9 Å². The van der Waals surface area contributed by atoms with Gasteiger partial charge >= 0.3 is 54.8 Å². The first-order valence-corrected chi connectivity index (χ1v) is 13.2. The van der Waals surface area contributed by atoms with Gasteiger partial charge in [-0.25, -0.2) is 9.59 Å². The van der Waals surface area contributed by atoms with Gasteiger partial charge in [-0.15, -0.1) is 35.6 Å². The molecule has 0 aromatic rings. The summed E-state index contributed by atoms with van der Waals surface area (Å²) in [5.41, 5.74) is 5.53. The molecule has 0 fully saturated rings. The van der Waals surface area contributed by atoms with Gasteiger partial charge in [0.1, 0.15) is 13.2 Å². The van der Waals surface area contributed by atoms with Crippen molar-refractivity contribution in [3.05, 3.63) is 24.3 Å². The molecule has 0 aromatic carbocycles. The summed E-state index contributed by atoms with van der Waals surface area (Å²) in [5, 5.41) is -9.13. The Hall–Kier alpha value is -2.20. The lowest BCUT2D eigenvalue weighted by Crippen LogP contribution is -2.45. The van der Waals surface area contributed by atoms with Crippen molar-refractivity contribution in [3.8, 4) is 0 Å². The van der Waals surface area contributed by atoms with Gasteiger partial charge in [0.05, 0.1) is 11.9 Å². The second-order valence-corrected chi connectivity index (χ2v) is 9.75. The average Bonchev–Trinajstić information content (AvgIpc) is 2.79. The van der Waals surface area contributed by atoms with E-state index in [9.17, 15) is 60.9 Å². The van der Waals surface area contributed by atoms with Crippen molar-refractivity contribution in [2.45, 2.75) is 24.4 Å². The normalized spacial score (nSPS) is 10.7. The molecule has 0 spiro atoms. The predicted octanol–water partition coefficient (Wildman–Crippen LogP) is 2.40. The summed E-state index contributed by atoms with van der Waals surface area (Å²) in [5.74, 6) is -3.52. The molecule has 24 heteroatoms. The molecule has 244 valence electrons. The van der Waals surface area contributed by atoms with Crippen molar-refractivity contribution in [2.24, 2.45) is 5.73 Å². The monoisotopic (exact) mass is 718 g/mol. The molecule has 12 nitrogen and oxygen atoms in total. The maximum absolute atomic E-state index is 12.5. The van der Waals surface area contributed by atoms with Gasteiger partial charge in [-0.1, -0.05) is 20.9 Å². The standard InChI is InChI=1S/C8H10F3NO5S.C6H11NO2.C2F4O3S.CH2Cl2.ClH/c1-5(2)6(13)17-4-3-12-7(14)8(9,10)18(11,15)16;1-5(2)6(8)9-4-3-7;3-1(7)2(4,5)10(6,8)9;2-1-3;/h1,3-4H2,2H3,(H,12,14);1,3-4,7H2,2H3;;1H2;1H. The van der Waals surface area contributed by atoms with Gasteiger partial charge in [-0.3, -0.25) is 9.59 Å². The fourth-order valence-corrected chi connectivity index (χ4v) is 1.50. The minimum Gasteiger partial charge on any atom is -0.461 e. The average molecular weight is 720 g/mol. The second-order valence-electron chi connectivity index (χ2n) is 6.16. The topological polar surface area (TPSA) is 193 Å². The van der Waals surface area contributed by atoms with Crippen LogP contribution in [0.25, 0.3) is 0 Å². The minimum absolute atomic E-state index is 0. The number of rotatable bonds is 11. The van der Waals surface area contributed by atoms with Gasteiger partial charge in [0, 0.05) is 17.7 Å². The van der Waals surface area contributed by atoms with Crippen LogP contribution < -0.4 is 11.1 Å². The largest absolute Gasteiger partial charge is 0.463 e. The van der Waals surface area contributed by atoms with Crippen LogP contribution in [0.15, 0.2) is 24.3 Å². The molecule has 3 N–H and O–H groups in total. The van der Waals surface area contributed by atoms with E-state index in [4.69, 9.17) is 33.7 Å². The molecule has 0 unspecified atom stereocenters. The summed E-state index contributed by atoms with van der Waals surface area (Å²) in [7, 11) is -12.8. The Kier molecular flexibility index (Phi) is 26.5. The maximum atomic E-state index is 12.5. The molecular formula is C17H24Cl3F7N2O10S2. The summed E-state index contributed by atoms with van der Waals surface area (Å²) in [6, 6.07) is -3.53.